The molecule has 0 saturated heterocycles. The number of aromatic nitrogens is 2. The monoisotopic (exact) mass is 377 g/mol. The van der Waals surface area contributed by atoms with Gasteiger partial charge >= 0.3 is 0 Å². The summed E-state index contributed by atoms with van der Waals surface area (Å²) in [6, 6.07) is 0.626. The molecule has 0 amide bonds. The van der Waals surface area contributed by atoms with E-state index in [1.54, 1.807) is 0 Å². The van der Waals surface area contributed by atoms with Gasteiger partial charge in [-0.25, -0.2) is 9.13 Å². The Morgan fingerprint density at radius 3 is 1.63 bits per heavy atom. The van der Waals surface area contributed by atoms with Crippen molar-refractivity contribution in [1.29, 1.82) is 0 Å². The number of hydrogen-bond acceptors (Lipinski definition) is 0. The zero-order valence-electron chi connectivity index (χ0n) is 19.3. The fourth-order valence-electron chi connectivity index (χ4n) is 4.36. The van der Waals surface area contributed by atoms with Crippen molar-refractivity contribution < 1.29 is 4.57 Å². The highest BCUT2D eigenvalue weighted by Gasteiger charge is 2.22. The van der Waals surface area contributed by atoms with Crippen LogP contribution in [-0.4, -0.2) is 4.57 Å². The van der Waals surface area contributed by atoms with Gasteiger partial charge in [0.2, 0.25) is 0 Å². The van der Waals surface area contributed by atoms with Gasteiger partial charge in [0.15, 0.2) is 0 Å². The third kappa shape index (κ3) is 10.4. The molecule has 1 atom stereocenters. The molecule has 0 N–H and O–H groups in total. The number of rotatable bonds is 17. The summed E-state index contributed by atoms with van der Waals surface area (Å²) in [7, 11) is 2.17. The van der Waals surface area contributed by atoms with Crippen LogP contribution in [-0.2, 0) is 7.05 Å². The van der Waals surface area contributed by atoms with Crippen LogP contribution in [0.2, 0.25) is 0 Å². The maximum absolute atomic E-state index is 2.49. The smallest absolute Gasteiger partial charge is 0.237 e. The van der Waals surface area contributed by atoms with Gasteiger partial charge < -0.3 is 0 Å². The van der Waals surface area contributed by atoms with E-state index in [-0.39, 0.29) is 0 Å². The van der Waals surface area contributed by atoms with Gasteiger partial charge in [-0.05, 0) is 19.8 Å². The summed E-state index contributed by atoms with van der Waals surface area (Å²) in [5.74, 6) is 2.04. The molecule has 1 heterocycles. The summed E-state index contributed by atoms with van der Waals surface area (Å²) in [5.41, 5.74) is 0. The number of nitrogens with zero attached hydrogens (tertiary/aromatic N) is 2. The van der Waals surface area contributed by atoms with E-state index in [1.807, 2.05) is 0 Å². The zero-order valence-corrected chi connectivity index (χ0v) is 19.3. The zero-order chi connectivity index (χ0) is 19.9. The van der Waals surface area contributed by atoms with E-state index in [1.165, 1.54) is 102 Å². The first-order valence-corrected chi connectivity index (χ1v) is 12.1. The Morgan fingerprint density at radius 2 is 1.19 bits per heavy atom. The standard InChI is InChI=1S/C25H49N2/c1-6-7-8-9-10-11-12-13-14-15-16-17-18-19-20-24(4)27-22-21-26(5)25(27)23(2)3/h21-24H,6-20H2,1-5H3/q+1. The first-order chi connectivity index (χ1) is 13.1. The topological polar surface area (TPSA) is 8.81 Å². The molecule has 1 aromatic rings. The first kappa shape index (κ1) is 24.2. The third-order valence-electron chi connectivity index (χ3n) is 6.04. The summed E-state index contributed by atoms with van der Waals surface area (Å²) in [5, 5.41) is 0. The second-order valence-electron chi connectivity index (χ2n) is 9.06. The average Bonchev–Trinajstić information content (AvgIpc) is 3.03. The van der Waals surface area contributed by atoms with Gasteiger partial charge in [-0.1, -0.05) is 104 Å². The quantitative estimate of drug-likeness (QED) is 0.193. The van der Waals surface area contributed by atoms with E-state index in [2.05, 4.69) is 56.3 Å². The summed E-state index contributed by atoms with van der Waals surface area (Å²) in [6.07, 6.45) is 25.9. The summed E-state index contributed by atoms with van der Waals surface area (Å²) in [4.78, 5) is 0. The SMILES string of the molecule is CCCCCCCCCCCCCCCCC(C)n1cc[n+](C)c1C(C)C. The van der Waals surface area contributed by atoms with E-state index in [0.717, 1.165) is 0 Å². The van der Waals surface area contributed by atoms with Gasteiger partial charge in [-0.3, -0.25) is 0 Å². The lowest BCUT2D eigenvalue weighted by molar-refractivity contribution is -0.680. The van der Waals surface area contributed by atoms with Crippen molar-refractivity contribution in [2.75, 3.05) is 0 Å². The van der Waals surface area contributed by atoms with Gasteiger partial charge in [-0.15, -0.1) is 0 Å². The molecule has 0 spiro atoms. The van der Waals surface area contributed by atoms with Crippen LogP contribution in [0.5, 0.6) is 0 Å². The summed E-state index contributed by atoms with van der Waals surface area (Å²) < 4.78 is 4.78. The Kier molecular flexibility index (Phi) is 13.6. The Hall–Kier alpha value is -0.790. The molecule has 0 aromatic carbocycles. The van der Waals surface area contributed by atoms with Gasteiger partial charge in [0.1, 0.15) is 12.4 Å². The number of imidazole rings is 1. The fraction of sp³-hybridized carbons (Fsp3) is 0.880. The van der Waals surface area contributed by atoms with Gasteiger partial charge in [-0.2, -0.15) is 0 Å². The molecular weight excluding hydrogens is 328 g/mol. The minimum absolute atomic E-state index is 0.587. The molecule has 27 heavy (non-hydrogen) atoms. The van der Waals surface area contributed by atoms with E-state index >= 15 is 0 Å². The molecule has 0 bridgehead atoms. The molecule has 0 fully saturated rings. The van der Waals surface area contributed by atoms with Crippen molar-refractivity contribution in [2.45, 2.75) is 136 Å². The molecule has 2 heteroatoms. The Labute approximate surface area is 170 Å². The van der Waals surface area contributed by atoms with E-state index < -0.39 is 0 Å². The van der Waals surface area contributed by atoms with Crippen LogP contribution in [0.25, 0.3) is 0 Å². The number of hydrogen-bond donors (Lipinski definition) is 0. The molecule has 0 aliphatic heterocycles. The van der Waals surface area contributed by atoms with E-state index in [9.17, 15) is 0 Å². The number of unbranched alkanes of at least 4 members (excludes halogenated alkanes) is 13. The Morgan fingerprint density at radius 1 is 0.741 bits per heavy atom. The fourth-order valence-corrected chi connectivity index (χ4v) is 4.36. The summed E-state index contributed by atoms with van der Waals surface area (Å²) in [6.45, 7) is 9.27. The minimum atomic E-state index is 0.587. The van der Waals surface area contributed by atoms with E-state index in [4.69, 9.17) is 0 Å². The van der Waals surface area contributed by atoms with Crippen molar-refractivity contribution in [3.05, 3.63) is 18.2 Å². The molecule has 0 aliphatic carbocycles. The normalized spacial score (nSPS) is 12.8. The van der Waals surface area contributed by atoms with Crippen LogP contribution in [0.1, 0.15) is 142 Å². The third-order valence-corrected chi connectivity index (χ3v) is 6.04. The van der Waals surface area contributed by atoms with Gasteiger partial charge in [0, 0.05) is 0 Å². The predicted molar refractivity (Wildman–Crippen MR) is 119 cm³/mol. The molecular formula is C25H49N2+. The largest absolute Gasteiger partial charge is 0.258 e. The highest BCUT2D eigenvalue weighted by Crippen LogP contribution is 2.21. The Bertz CT molecular complexity index is 461. The lowest BCUT2D eigenvalue weighted by atomic mass is 10.0. The van der Waals surface area contributed by atoms with Crippen LogP contribution in [0.3, 0.4) is 0 Å². The van der Waals surface area contributed by atoms with Crippen molar-refractivity contribution in [3.8, 4) is 0 Å². The lowest BCUT2D eigenvalue weighted by Crippen LogP contribution is -2.33. The van der Waals surface area contributed by atoms with Crippen molar-refractivity contribution in [3.63, 3.8) is 0 Å². The van der Waals surface area contributed by atoms with Crippen molar-refractivity contribution >= 4 is 0 Å². The van der Waals surface area contributed by atoms with Crippen LogP contribution < -0.4 is 4.57 Å². The van der Waals surface area contributed by atoms with Gasteiger partial charge in [0.05, 0.1) is 19.0 Å². The van der Waals surface area contributed by atoms with Crippen LogP contribution >= 0.6 is 0 Å². The molecule has 1 aromatic heterocycles. The summed E-state index contributed by atoms with van der Waals surface area (Å²) >= 11 is 0. The molecule has 158 valence electrons. The van der Waals surface area contributed by atoms with Crippen molar-refractivity contribution in [2.24, 2.45) is 7.05 Å². The molecule has 1 unspecified atom stereocenters. The van der Waals surface area contributed by atoms with E-state index in [0.29, 0.717) is 12.0 Å². The second kappa shape index (κ2) is 15.2. The molecule has 0 radical (unpaired) electrons. The second-order valence-corrected chi connectivity index (χ2v) is 9.06. The first-order valence-electron chi connectivity index (χ1n) is 12.1. The molecule has 0 aliphatic rings. The number of aryl methyl sites for hydroxylation is 1. The van der Waals surface area contributed by atoms with Crippen LogP contribution in [0.15, 0.2) is 12.4 Å². The maximum Gasteiger partial charge on any atom is 0.258 e. The van der Waals surface area contributed by atoms with Gasteiger partial charge in [0.25, 0.3) is 5.82 Å². The average molecular weight is 378 g/mol. The predicted octanol–water partition coefficient (Wildman–Crippen LogP) is 7.87. The molecule has 2 nitrogen and oxygen atoms in total. The molecule has 0 saturated carbocycles. The Balaban J connectivity index is 1.96. The highest BCUT2D eigenvalue weighted by atomic mass is 15.2. The maximum atomic E-state index is 2.49. The minimum Gasteiger partial charge on any atom is -0.237 e. The lowest BCUT2D eigenvalue weighted by Gasteiger charge is -2.13. The van der Waals surface area contributed by atoms with Crippen LogP contribution in [0.4, 0.5) is 0 Å². The molecule has 1 rings (SSSR count). The van der Waals surface area contributed by atoms with Crippen molar-refractivity contribution in [1.82, 2.24) is 4.57 Å². The van der Waals surface area contributed by atoms with Crippen LogP contribution in [0, 0.1) is 0 Å². The highest BCUT2D eigenvalue weighted by molar-refractivity contribution is 4.92.